The third-order valence-electron chi connectivity index (χ3n) is 2.89. The van der Waals surface area contributed by atoms with Crippen molar-refractivity contribution < 1.29 is 9.59 Å². The topological polar surface area (TPSA) is 84.0 Å². The first-order valence-corrected chi connectivity index (χ1v) is 8.97. The van der Waals surface area contributed by atoms with Crippen molar-refractivity contribution in [2.45, 2.75) is 30.6 Å². The molecule has 122 valence electrons. The molecule has 23 heavy (non-hydrogen) atoms. The van der Waals surface area contributed by atoms with Gasteiger partial charge in [0.1, 0.15) is 0 Å². The lowest BCUT2D eigenvalue weighted by atomic mass is 10.0. The van der Waals surface area contributed by atoms with Crippen LogP contribution in [0.4, 0.5) is 5.13 Å². The Morgan fingerprint density at radius 2 is 2.00 bits per heavy atom. The van der Waals surface area contributed by atoms with Crippen LogP contribution in [0.2, 0.25) is 0 Å². The summed E-state index contributed by atoms with van der Waals surface area (Å²) < 4.78 is 0.823. The Labute approximate surface area is 143 Å². The summed E-state index contributed by atoms with van der Waals surface area (Å²) >= 11 is 2.92. The minimum Gasteiger partial charge on any atom is -0.349 e. The largest absolute Gasteiger partial charge is 0.349 e. The van der Waals surface area contributed by atoms with Gasteiger partial charge in [0.25, 0.3) is 0 Å². The van der Waals surface area contributed by atoms with Crippen molar-refractivity contribution in [3.8, 4) is 0 Å². The molecule has 1 unspecified atom stereocenters. The van der Waals surface area contributed by atoms with Crippen molar-refractivity contribution in [1.82, 2.24) is 15.5 Å². The highest BCUT2D eigenvalue weighted by Gasteiger charge is 2.18. The number of hydrogen-bond acceptors (Lipinski definition) is 6. The van der Waals surface area contributed by atoms with E-state index < -0.39 is 0 Å². The van der Waals surface area contributed by atoms with E-state index in [1.165, 1.54) is 18.3 Å². The Hall–Kier alpha value is -1.93. The Balaban J connectivity index is 2.00. The number of carbonyl (C=O) groups excluding carboxylic acids is 2. The molecule has 2 amide bonds. The van der Waals surface area contributed by atoms with Crippen molar-refractivity contribution in [3.05, 3.63) is 35.9 Å². The van der Waals surface area contributed by atoms with Crippen molar-refractivity contribution in [1.29, 1.82) is 0 Å². The number of amides is 2. The third kappa shape index (κ3) is 5.65. The highest BCUT2D eigenvalue weighted by atomic mass is 32.2. The quantitative estimate of drug-likeness (QED) is 0.592. The van der Waals surface area contributed by atoms with E-state index in [9.17, 15) is 9.59 Å². The van der Waals surface area contributed by atoms with E-state index in [2.05, 4.69) is 20.8 Å². The summed E-state index contributed by atoms with van der Waals surface area (Å²) in [4.78, 5) is 23.6. The zero-order chi connectivity index (χ0) is 16.7. The van der Waals surface area contributed by atoms with Crippen LogP contribution in [0.15, 0.2) is 34.7 Å². The van der Waals surface area contributed by atoms with E-state index in [0.29, 0.717) is 5.13 Å². The van der Waals surface area contributed by atoms with Crippen LogP contribution in [-0.2, 0) is 9.59 Å². The molecule has 2 aromatic rings. The summed E-state index contributed by atoms with van der Waals surface area (Å²) in [5.74, 6) is 0.516. The van der Waals surface area contributed by atoms with Crippen LogP contribution in [0.3, 0.4) is 0 Å². The van der Waals surface area contributed by atoms with E-state index in [-0.39, 0.29) is 24.3 Å². The normalized spacial score (nSPS) is 11.7. The summed E-state index contributed by atoms with van der Waals surface area (Å²) in [5, 5.41) is 13.9. The maximum atomic E-state index is 12.2. The molecule has 2 rings (SSSR count). The van der Waals surface area contributed by atoms with Crippen molar-refractivity contribution in [2.75, 3.05) is 11.1 Å². The summed E-state index contributed by atoms with van der Waals surface area (Å²) in [6.07, 6.45) is 0.138. The lowest BCUT2D eigenvalue weighted by Crippen LogP contribution is -2.29. The molecule has 1 aromatic carbocycles. The van der Waals surface area contributed by atoms with Crippen LogP contribution in [0.1, 0.15) is 31.9 Å². The molecule has 0 bridgehead atoms. The molecule has 0 aliphatic heterocycles. The fraction of sp³-hybridized carbons (Fsp3) is 0.333. The molecule has 0 aliphatic rings. The molecule has 6 nitrogen and oxygen atoms in total. The second kappa shape index (κ2) is 8.64. The summed E-state index contributed by atoms with van der Waals surface area (Å²) in [6, 6.07) is 9.04. The molecule has 0 saturated carbocycles. The zero-order valence-electron chi connectivity index (χ0n) is 12.9. The SMILES string of the molecule is CCSc1nnc(NC(=O)CC(NC(C)=O)c2ccccc2)s1. The van der Waals surface area contributed by atoms with E-state index >= 15 is 0 Å². The van der Waals surface area contributed by atoms with Gasteiger partial charge in [-0.05, 0) is 11.3 Å². The number of nitrogens with one attached hydrogen (secondary N) is 2. The highest BCUT2D eigenvalue weighted by molar-refractivity contribution is 8.01. The second-order valence-electron chi connectivity index (χ2n) is 4.72. The number of aromatic nitrogens is 2. The van der Waals surface area contributed by atoms with Gasteiger partial charge in [-0.15, -0.1) is 10.2 Å². The molecule has 0 spiro atoms. The number of anilines is 1. The van der Waals surface area contributed by atoms with E-state index in [1.807, 2.05) is 37.3 Å². The van der Waals surface area contributed by atoms with Gasteiger partial charge in [0.05, 0.1) is 12.5 Å². The fourth-order valence-electron chi connectivity index (χ4n) is 1.98. The minimum absolute atomic E-state index is 0.138. The van der Waals surface area contributed by atoms with Gasteiger partial charge in [-0.2, -0.15) is 0 Å². The molecule has 0 radical (unpaired) electrons. The van der Waals surface area contributed by atoms with Crippen LogP contribution in [0, 0.1) is 0 Å². The third-order valence-corrected chi connectivity index (χ3v) is 4.74. The summed E-state index contributed by atoms with van der Waals surface area (Å²) in [6.45, 7) is 3.47. The first-order chi connectivity index (χ1) is 11.1. The van der Waals surface area contributed by atoms with Crippen molar-refractivity contribution >= 4 is 40.0 Å². The van der Waals surface area contributed by atoms with Gasteiger partial charge in [0.15, 0.2) is 4.34 Å². The predicted molar refractivity (Wildman–Crippen MR) is 92.6 cm³/mol. The number of nitrogens with zero attached hydrogens (tertiary/aromatic N) is 2. The average molecular weight is 350 g/mol. The number of carbonyl (C=O) groups is 2. The van der Waals surface area contributed by atoms with Crippen LogP contribution in [0.5, 0.6) is 0 Å². The lowest BCUT2D eigenvalue weighted by Gasteiger charge is -2.17. The highest BCUT2D eigenvalue weighted by Crippen LogP contribution is 2.25. The van der Waals surface area contributed by atoms with Gasteiger partial charge in [-0.25, -0.2) is 0 Å². The number of benzene rings is 1. The van der Waals surface area contributed by atoms with Crippen LogP contribution < -0.4 is 10.6 Å². The standard InChI is InChI=1S/C15H18N4O2S2/c1-3-22-15-19-18-14(23-15)17-13(21)9-12(16-10(2)20)11-7-5-4-6-8-11/h4-8,12H,3,9H2,1-2H3,(H,16,20)(H,17,18,21). The van der Waals surface area contributed by atoms with E-state index in [0.717, 1.165) is 15.7 Å². The Morgan fingerprint density at radius 1 is 1.26 bits per heavy atom. The van der Waals surface area contributed by atoms with Gasteiger partial charge in [0.2, 0.25) is 16.9 Å². The molecular formula is C15H18N4O2S2. The maximum Gasteiger partial charge on any atom is 0.228 e. The molecule has 1 aromatic heterocycles. The monoisotopic (exact) mass is 350 g/mol. The van der Waals surface area contributed by atoms with Crippen molar-refractivity contribution in [2.24, 2.45) is 0 Å². The molecule has 1 heterocycles. The molecule has 0 aliphatic carbocycles. The maximum absolute atomic E-state index is 12.2. The summed E-state index contributed by atoms with van der Waals surface area (Å²) in [7, 11) is 0. The molecule has 1 atom stereocenters. The van der Waals surface area contributed by atoms with Crippen LogP contribution in [0.25, 0.3) is 0 Å². The first-order valence-electron chi connectivity index (χ1n) is 7.16. The van der Waals surface area contributed by atoms with Gasteiger partial charge in [0, 0.05) is 6.92 Å². The Kier molecular flexibility index (Phi) is 6.54. The number of hydrogen-bond donors (Lipinski definition) is 2. The Bertz CT molecular complexity index is 661. The van der Waals surface area contributed by atoms with E-state index in [1.54, 1.807) is 11.8 Å². The van der Waals surface area contributed by atoms with Crippen LogP contribution in [-0.4, -0.2) is 27.8 Å². The van der Waals surface area contributed by atoms with Gasteiger partial charge in [-0.3, -0.25) is 9.59 Å². The van der Waals surface area contributed by atoms with Gasteiger partial charge in [-0.1, -0.05) is 60.4 Å². The lowest BCUT2D eigenvalue weighted by molar-refractivity contribution is -0.120. The second-order valence-corrected chi connectivity index (χ2v) is 7.21. The number of rotatable bonds is 7. The molecule has 2 N–H and O–H groups in total. The molecule has 0 saturated heterocycles. The molecule has 0 fully saturated rings. The first kappa shape index (κ1) is 17.4. The van der Waals surface area contributed by atoms with Gasteiger partial charge >= 0.3 is 0 Å². The number of thioether (sulfide) groups is 1. The predicted octanol–water partition coefficient (Wildman–Crippen LogP) is 2.86. The fourth-order valence-corrected chi connectivity index (χ4v) is 3.65. The molecular weight excluding hydrogens is 332 g/mol. The van der Waals surface area contributed by atoms with E-state index in [4.69, 9.17) is 0 Å². The smallest absolute Gasteiger partial charge is 0.228 e. The Morgan fingerprint density at radius 3 is 2.65 bits per heavy atom. The summed E-state index contributed by atoms with van der Waals surface area (Å²) in [5.41, 5.74) is 0.886. The zero-order valence-corrected chi connectivity index (χ0v) is 14.5. The minimum atomic E-state index is -0.369. The van der Waals surface area contributed by atoms with Crippen molar-refractivity contribution in [3.63, 3.8) is 0 Å². The molecule has 8 heteroatoms. The van der Waals surface area contributed by atoms with Gasteiger partial charge < -0.3 is 10.6 Å². The van der Waals surface area contributed by atoms with Crippen LogP contribution >= 0.6 is 23.1 Å². The average Bonchev–Trinajstić information content (AvgIpc) is 2.94.